The monoisotopic (exact) mass is 367 g/mol. The van der Waals surface area contributed by atoms with Gasteiger partial charge in [-0.05, 0) is 26.0 Å². The molecule has 140 valence electrons. The van der Waals surface area contributed by atoms with Crippen LogP contribution in [0.3, 0.4) is 0 Å². The summed E-state index contributed by atoms with van der Waals surface area (Å²) < 4.78 is 10.9. The molecule has 1 aromatic carbocycles. The zero-order valence-corrected chi connectivity index (χ0v) is 15.4. The van der Waals surface area contributed by atoms with Gasteiger partial charge in [0.15, 0.2) is 11.2 Å². The van der Waals surface area contributed by atoms with Crippen LogP contribution in [-0.2, 0) is 6.54 Å². The van der Waals surface area contributed by atoms with Crippen molar-refractivity contribution >= 4 is 16.9 Å². The fourth-order valence-electron chi connectivity index (χ4n) is 3.43. The lowest BCUT2D eigenvalue weighted by Crippen LogP contribution is -2.48. The fourth-order valence-corrected chi connectivity index (χ4v) is 3.43. The molecule has 1 fully saturated rings. The van der Waals surface area contributed by atoms with E-state index in [2.05, 4.69) is 10.1 Å². The Morgan fingerprint density at radius 3 is 2.59 bits per heavy atom. The van der Waals surface area contributed by atoms with Crippen molar-refractivity contribution in [2.24, 2.45) is 0 Å². The lowest BCUT2D eigenvalue weighted by Gasteiger charge is -2.34. The minimum Gasteiger partial charge on any atom is -0.451 e. The molecule has 1 amide bonds. The van der Waals surface area contributed by atoms with Gasteiger partial charge in [0.25, 0.3) is 5.91 Å². The third-order valence-corrected chi connectivity index (χ3v) is 5.07. The van der Waals surface area contributed by atoms with Crippen molar-refractivity contribution in [3.63, 3.8) is 0 Å². The van der Waals surface area contributed by atoms with Crippen LogP contribution in [0.2, 0.25) is 0 Å². The molecule has 0 unspecified atom stereocenters. The summed E-state index contributed by atoms with van der Waals surface area (Å²) in [6, 6.07) is 8.25. The second kappa shape index (κ2) is 7.00. The first-order chi connectivity index (χ1) is 13.0. The summed E-state index contributed by atoms with van der Waals surface area (Å²) in [7, 11) is 0. The Balaban J connectivity index is 1.45. The molecular weight excluding hydrogens is 346 g/mol. The highest BCUT2D eigenvalue weighted by atomic mass is 16.5. The van der Waals surface area contributed by atoms with Crippen molar-refractivity contribution < 1.29 is 13.7 Å². The number of aryl methyl sites for hydroxylation is 2. The molecule has 0 saturated carbocycles. The van der Waals surface area contributed by atoms with E-state index in [1.165, 1.54) is 6.07 Å². The highest BCUT2D eigenvalue weighted by Gasteiger charge is 2.25. The van der Waals surface area contributed by atoms with E-state index < -0.39 is 0 Å². The summed E-state index contributed by atoms with van der Waals surface area (Å²) in [5, 5.41) is 4.47. The molecule has 7 heteroatoms. The van der Waals surface area contributed by atoms with Crippen molar-refractivity contribution in [2.45, 2.75) is 20.4 Å². The van der Waals surface area contributed by atoms with Crippen LogP contribution < -0.4 is 5.43 Å². The number of amides is 1. The van der Waals surface area contributed by atoms with Gasteiger partial charge in [-0.3, -0.25) is 14.5 Å². The Hall–Kier alpha value is -2.93. The number of nitrogens with zero attached hydrogens (tertiary/aromatic N) is 3. The largest absolute Gasteiger partial charge is 0.451 e. The van der Waals surface area contributed by atoms with Gasteiger partial charge >= 0.3 is 0 Å². The number of carbonyl (C=O) groups excluding carboxylic acids is 1. The zero-order chi connectivity index (χ0) is 19.0. The first kappa shape index (κ1) is 17.5. The van der Waals surface area contributed by atoms with Crippen LogP contribution in [0.15, 0.2) is 44.1 Å². The number of piperazine rings is 1. The van der Waals surface area contributed by atoms with Gasteiger partial charge in [-0.2, -0.15) is 0 Å². The van der Waals surface area contributed by atoms with E-state index in [0.717, 1.165) is 36.7 Å². The van der Waals surface area contributed by atoms with Gasteiger partial charge in [0, 0.05) is 44.4 Å². The van der Waals surface area contributed by atoms with Gasteiger partial charge in [0.05, 0.1) is 11.1 Å². The highest BCUT2D eigenvalue weighted by Crippen LogP contribution is 2.18. The molecule has 0 N–H and O–H groups in total. The Morgan fingerprint density at radius 2 is 1.89 bits per heavy atom. The zero-order valence-electron chi connectivity index (χ0n) is 15.4. The summed E-state index contributed by atoms with van der Waals surface area (Å²) >= 11 is 0. The number of aromatic nitrogens is 1. The number of benzene rings is 1. The molecule has 0 radical (unpaired) electrons. The predicted molar refractivity (Wildman–Crippen MR) is 99.6 cm³/mol. The average molecular weight is 367 g/mol. The summed E-state index contributed by atoms with van der Waals surface area (Å²) in [6.45, 7) is 7.26. The van der Waals surface area contributed by atoms with Crippen LogP contribution in [0, 0.1) is 13.8 Å². The van der Waals surface area contributed by atoms with Gasteiger partial charge in [-0.1, -0.05) is 17.3 Å². The Morgan fingerprint density at radius 1 is 1.15 bits per heavy atom. The molecule has 1 aliphatic rings. The van der Waals surface area contributed by atoms with Gasteiger partial charge in [0.1, 0.15) is 11.3 Å². The normalized spacial score (nSPS) is 15.4. The second-order valence-corrected chi connectivity index (χ2v) is 6.84. The number of rotatable bonds is 3. The molecular formula is C20H21N3O4. The van der Waals surface area contributed by atoms with Crippen molar-refractivity contribution in [1.29, 1.82) is 0 Å². The summed E-state index contributed by atoms with van der Waals surface area (Å²) in [6.07, 6.45) is 0. The molecule has 4 rings (SSSR count). The van der Waals surface area contributed by atoms with E-state index in [-0.39, 0.29) is 17.1 Å². The lowest BCUT2D eigenvalue weighted by molar-refractivity contribution is 0.0597. The lowest BCUT2D eigenvalue weighted by atomic mass is 10.1. The highest BCUT2D eigenvalue weighted by molar-refractivity contribution is 5.93. The molecule has 3 aromatic rings. The molecule has 0 spiro atoms. The molecule has 27 heavy (non-hydrogen) atoms. The van der Waals surface area contributed by atoms with Crippen LogP contribution in [0.1, 0.15) is 27.6 Å². The molecule has 1 aliphatic heterocycles. The van der Waals surface area contributed by atoms with E-state index in [9.17, 15) is 9.59 Å². The summed E-state index contributed by atoms with van der Waals surface area (Å²) in [4.78, 5) is 29.0. The summed E-state index contributed by atoms with van der Waals surface area (Å²) in [5.74, 6) is 0.691. The van der Waals surface area contributed by atoms with E-state index in [4.69, 9.17) is 8.94 Å². The third kappa shape index (κ3) is 3.38. The van der Waals surface area contributed by atoms with Gasteiger partial charge in [-0.25, -0.2) is 0 Å². The van der Waals surface area contributed by atoms with E-state index in [1.807, 2.05) is 13.8 Å². The maximum absolute atomic E-state index is 12.8. The van der Waals surface area contributed by atoms with E-state index >= 15 is 0 Å². The Bertz CT molecular complexity index is 1030. The van der Waals surface area contributed by atoms with E-state index in [1.54, 1.807) is 29.2 Å². The number of hydrogen-bond donors (Lipinski definition) is 0. The van der Waals surface area contributed by atoms with Crippen LogP contribution in [0.4, 0.5) is 0 Å². The third-order valence-electron chi connectivity index (χ3n) is 5.07. The Labute approximate surface area is 156 Å². The molecule has 1 saturated heterocycles. The predicted octanol–water partition coefficient (Wildman–Crippen LogP) is 2.36. The first-order valence-corrected chi connectivity index (χ1v) is 8.99. The van der Waals surface area contributed by atoms with Gasteiger partial charge < -0.3 is 13.8 Å². The average Bonchev–Trinajstić information content (AvgIpc) is 3.00. The van der Waals surface area contributed by atoms with Crippen molar-refractivity contribution in [3.05, 3.63) is 63.3 Å². The molecule has 0 aliphatic carbocycles. The minimum absolute atomic E-state index is 0.0953. The van der Waals surface area contributed by atoms with Crippen LogP contribution in [0.5, 0.6) is 0 Å². The Kier molecular flexibility index (Phi) is 4.53. The smallest absolute Gasteiger partial charge is 0.289 e. The number of hydrogen-bond acceptors (Lipinski definition) is 6. The maximum Gasteiger partial charge on any atom is 0.289 e. The quantitative estimate of drug-likeness (QED) is 0.707. The standard InChI is InChI=1S/C20H21N3O4/c1-13-16(14(2)27-21-13)12-22-7-9-23(10-8-22)20(25)19-11-17(24)15-5-3-4-6-18(15)26-19/h3-6,11H,7-10,12H2,1-2H3. The number of para-hydroxylation sites is 1. The molecule has 2 aromatic heterocycles. The second-order valence-electron chi connectivity index (χ2n) is 6.84. The SMILES string of the molecule is Cc1noc(C)c1CN1CCN(C(=O)c2cc(=O)c3ccccc3o2)CC1. The first-order valence-electron chi connectivity index (χ1n) is 8.99. The van der Waals surface area contributed by atoms with Crippen LogP contribution >= 0.6 is 0 Å². The maximum atomic E-state index is 12.8. The van der Waals surface area contributed by atoms with Crippen LogP contribution in [-0.4, -0.2) is 47.0 Å². The van der Waals surface area contributed by atoms with Gasteiger partial charge in [0.2, 0.25) is 0 Å². The number of fused-ring (bicyclic) bond motifs is 1. The topological polar surface area (TPSA) is 79.8 Å². The fraction of sp³-hybridized carbons (Fsp3) is 0.350. The van der Waals surface area contributed by atoms with Crippen molar-refractivity contribution in [2.75, 3.05) is 26.2 Å². The molecule has 3 heterocycles. The molecule has 0 atom stereocenters. The van der Waals surface area contributed by atoms with Crippen molar-refractivity contribution in [1.82, 2.24) is 15.0 Å². The van der Waals surface area contributed by atoms with E-state index in [0.29, 0.717) is 24.1 Å². The minimum atomic E-state index is -0.241. The molecule has 0 bridgehead atoms. The summed E-state index contributed by atoms with van der Waals surface area (Å²) in [5.41, 5.74) is 2.25. The van der Waals surface area contributed by atoms with Crippen molar-refractivity contribution in [3.8, 4) is 0 Å². The van der Waals surface area contributed by atoms with Gasteiger partial charge in [-0.15, -0.1) is 0 Å². The molecule has 7 nitrogen and oxygen atoms in total. The van der Waals surface area contributed by atoms with Crippen LogP contribution in [0.25, 0.3) is 11.0 Å². The number of carbonyl (C=O) groups is 1.